The van der Waals surface area contributed by atoms with Crippen molar-refractivity contribution in [3.05, 3.63) is 52.6 Å². The second-order valence-corrected chi connectivity index (χ2v) is 6.19. The van der Waals surface area contributed by atoms with Crippen molar-refractivity contribution in [1.29, 1.82) is 0 Å². The number of carbonyl (C=O) groups is 1. The number of hydrogen-bond donors (Lipinski definition) is 2. The number of nitro benzene ring substituents is 1. The van der Waals surface area contributed by atoms with Crippen LogP contribution in [0.3, 0.4) is 0 Å². The molecule has 1 aromatic carbocycles. The molecule has 0 spiro atoms. The molecule has 1 aromatic heterocycles. The van der Waals surface area contributed by atoms with E-state index in [4.69, 9.17) is 0 Å². The summed E-state index contributed by atoms with van der Waals surface area (Å²) in [5.74, 6) is 0.288. The number of carbonyl (C=O) groups excluding carboxylic acids is 1. The Morgan fingerprint density at radius 2 is 2.22 bits per heavy atom. The van der Waals surface area contributed by atoms with Crippen LogP contribution in [0.25, 0.3) is 5.69 Å². The number of hydrogen-bond acceptors (Lipinski definition) is 5. The second-order valence-electron chi connectivity index (χ2n) is 6.19. The van der Waals surface area contributed by atoms with E-state index in [2.05, 4.69) is 15.6 Å². The van der Waals surface area contributed by atoms with Crippen LogP contribution in [0.2, 0.25) is 0 Å². The monoisotopic (exact) mass is 415 g/mol. The molecule has 10 heteroatoms. The Hall–Kier alpha value is -2.16. The Morgan fingerprint density at radius 1 is 1.41 bits per heavy atom. The first-order valence-electron chi connectivity index (χ1n) is 8.41. The molecule has 0 aliphatic carbocycles. The molecular weight excluding hydrogens is 393 g/mol. The minimum Gasteiger partial charge on any atom is -0.352 e. The molecule has 2 aromatic rings. The first-order valence-corrected chi connectivity index (χ1v) is 8.41. The topological polar surface area (TPSA) is 102 Å². The van der Waals surface area contributed by atoms with E-state index in [1.807, 2.05) is 0 Å². The molecule has 1 saturated heterocycles. The van der Waals surface area contributed by atoms with E-state index >= 15 is 0 Å². The quantitative estimate of drug-likeness (QED) is 0.557. The summed E-state index contributed by atoms with van der Waals surface area (Å²) in [6.45, 7) is 2.62. The lowest BCUT2D eigenvalue weighted by atomic mass is 9.96. The summed E-state index contributed by atoms with van der Waals surface area (Å²) in [6.07, 6.45) is 7.91. The van der Waals surface area contributed by atoms with Gasteiger partial charge in [-0.15, -0.1) is 24.8 Å². The largest absolute Gasteiger partial charge is 0.352 e. The van der Waals surface area contributed by atoms with Crippen molar-refractivity contribution >= 4 is 36.4 Å². The highest BCUT2D eigenvalue weighted by atomic mass is 35.5. The van der Waals surface area contributed by atoms with Gasteiger partial charge in [0.25, 0.3) is 11.6 Å². The normalized spacial score (nSPS) is 15.9. The Labute approximate surface area is 169 Å². The third kappa shape index (κ3) is 5.92. The summed E-state index contributed by atoms with van der Waals surface area (Å²) in [5.41, 5.74) is 0.548. The maximum atomic E-state index is 12.3. The third-order valence-corrected chi connectivity index (χ3v) is 4.45. The maximum absolute atomic E-state index is 12.3. The lowest BCUT2D eigenvalue weighted by Gasteiger charge is -2.22. The number of amides is 1. The first-order chi connectivity index (χ1) is 12.1. The van der Waals surface area contributed by atoms with Crippen LogP contribution in [0.15, 0.2) is 36.9 Å². The van der Waals surface area contributed by atoms with Gasteiger partial charge < -0.3 is 15.2 Å². The van der Waals surface area contributed by atoms with E-state index in [0.29, 0.717) is 18.2 Å². The van der Waals surface area contributed by atoms with E-state index < -0.39 is 4.92 Å². The third-order valence-electron chi connectivity index (χ3n) is 4.45. The van der Waals surface area contributed by atoms with Gasteiger partial charge in [0.05, 0.1) is 11.3 Å². The summed E-state index contributed by atoms with van der Waals surface area (Å²) >= 11 is 0. The predicted molar refractivity (Wildman–Crippen MR) is 107 cm³/mol. The van der Waals surface area contributed by atoms with Crippen molar-refractivity contribution in [2.75, 3.05) is 19.6 Å². The standard InChI is InChI=1S/C17H21N5O3.2ClH/c23-17(20-7-5-13-2-1-6-18-11-13)14-3-4-15(16(10-14)22(24)25)21-9-8-19-12-21;;/h3-4,8-10,12-13,18H,1-2,5-7,11H2,(H,20,23);2*1H. The molecule has 8 nitrogen and oxygen atoms in total. The van der Waals surface area contributed by atoms with Gasteiger partial charge in [-0.25, -0.2) is 4.98 Å². The molecule has 2 N–H and O–H groups in total. The van der Waals surface area contributed by atoms with E-state index in [1.165, 1.54) is 25.2 Å². The number of imidazole rings is 1. The van der Waals surface area contributed by atoms with Crippen LogP contribution in [0.4, 0.5) is 5.69 Å². The molecule has 0 bridgehead atoms. The molecule has 1 fully saturated rings. The van der Waals surface area contributed by atoms with E-state index in [1.54, 1.807) is 29.1 Å². The summed E-state index contributed by atoms with van der Waals surface area (Å²) in [7, 11) is 0. The van der Waals surface area contributed by atoms with Gasteiger partial charge in [-0.3, -0.25) is 14.9 Å². The number of halogens is 2. The Kier molecular flexibility index (Phi) is 9.20. The van der Waals surface area contributed by atoms with Gasteiger partial charge in [-0.2, -0.15) is 0 Å². The highest BCUT2D eigenvalue weighted by Crippen LogP contribution is 2.24. The molecular formula is C17H23Cl2N5O3. The molecule has 1 atom stereocenters. The van der Waals surface area contributed by atoms with Crippen molar-refractivity contribution < 1.29 is 9.72 Å². The molecule has 0 radical (unpaired) electrons. The highest BCUT2D eigenvalue weighted by Gasteiger charge is 2.19. The van der Waals surface area contributed by atoms with Crippen LogP contribution in [0.1, 0.15) is 29.6 Å². The van der Waals surface area contributed by atoms with Crippen LogP contribution in [-0.2, 0) is 0 Å². The minimum absolute atomic E-state index is 0. The number of benzene rings is 1. The molecule has 1 amide bonds. The number of piperidine rings is 1. The number of nitro groups is 1. The molecule has 148 valence electrons. The van der Waals surface area contributed by atoms with Crippen LogP contribution in [-0.4, -0.2) is 40.0 Å². The Bertz CT molecular complexity index is 749. The van der Waals surface area contributed by atoms with Gasteiger partial charge in [-0.1, -0.05) is 0 Å². The van der Waals surface area contributed by atoms with Gasteiger partial charge >= 0.3 is 0 Å². The SMILES string of the molecule is Cl.Cl.O=C(NCCC1CCCNC1)c1ccc(-n2ccnc2)c([N+](=O)[O-])c1. The van der Waals surface area contributed by atoms with Crippen molar-refractivity contribution in [3.8, 4) is 5.69 Å². The van der Waals surface area contributed by atoms with Crippen molar-refractivity contribution in [3.63, 3.8) is 0 Å². The molecule has 1 aliphatic rings. The summed E-state index contributed by atoms with van der Waals surface area (Å²) in [5, 5.41) is 17.6. The van der Waals surface area contributed by atoms with E-state index in [0.717, 1.165) is 19.5 Å². The van der Waals surface area contributed by atoms with E-state index in [9.17, 15) is 14.9 Å². The molecule has 27 heavy (non-hydrogen) atoms. The smallest absolute Gasteiger partial charge is 0.294 e. The Morgan fingerprint density at radius 3 is 2.85 bits per heavy atom. The number of nitrogens with one attached hydrogen (secondary N) is 2. The second kappa shape index (κ2) is 10.9. The molecule has 1 unspecified atom stereocenters. The molecule has 1 aliphatic heterocycles. The average molecular weight is 416 g/mol. The summed E-state index contributed by atoms with van der Waals surface area (Å²) in [6, 6.07) is 4.48. The maximum Gasteiger partial charge on any atom is 0.294 e. The zero-order chi connectivity index (χ0) is 17.6. The fraction of sp³-hybridized carbons (Fsp3) is 0.412. The Balaban J connectivity index is 0.00000182. The van der Waals surface area contributed by atoms with Gasteiger partial charge in [0.15, 0.2) is 0 Å². The zero-order valence-corrected chi connectivity index (χ0v) is 16.3. The fourth-order valence-corrected chi connectivity index (χ4v) is 3.09. The van der Waals surface area contributed by atoms with Gasteiger partial charge in [0, 0.05) is 30.6 Å². The van der Waals surface area contributed by atoms with Crippen molar-refractivity contribution in [1.82, 2.24) is 20.2 Å². The lowest BCUT2D eigenvalue weighted by Crippen LogP contribution is -2.33. The van der Waals surface area contributed by atoms with Gasteiger partial charge in [0.1, 0.15) is 5.69 Å². The first kappa shape index (κ1) is 22.9. The van der Waals surface area contributed by atoms with Crippen molar-refractivity contribution in [2.45, 2.75) is 19.3 Å². The van der Waals surface area contributed by atoms with Crippen LogP contribution < -0.4 is 10.6 Å². The molecule has 0 saturated carbocycles. The van der Waals surface area contributed by atoms with Crippen LogP contribution in [0.5, 0.6) is 0 Å². The summed E-state index contributed by atoms with van der Waals surface area (Å²) < 4.78 is 1.55. The van der Waals surface area contributed by atoms with Crippen molar-refractivity contribution in [2.24, 2.45) is 5.92 Å². The molecule has 2 heterocycles. The summed E-state index contributed by atoms with van der Waals surface area (Å²) in [4.78, 5) is 27.0. The number of rotatable bonds is 6. The fourth-order valence-electron chi connectivity index (χ4n) is 3.09. The van der Waals surface area contributed by atoms with E-state index in [-0.39, 0.29) is 42.0 Å². The predicted octanol–water partition coefficient (Wildman–Crippen LogP) is 2.74. The lowest BCUT2D eigenvalue weighted by molar-refractivity contribution is -0.384. The van der Waals surface area contributed by atoms with Crippen LogP contribution >= 0.6 is 24.8 Å². The number of aromatic nitrogens is 2. The van der Waals surface area contributed by atoms with Crippen LogP contribution in [0, 0.1) is 16.0 Å². The average Bonchev–Trinajstić information content (AvgIpc) is 3.16. The molecule has 3 rings (SSSR count). The van der Waals surface area contributed by atoms with Gasteiger partial charge in [0.2, 0.25) is 0 Å². The minimum atomic E-state index is -0.486. The van der Waals surface area contributed by atoms with Gasteiger partial charge in [-0.05, 0) is 50.4 Å². The number of nitrogens with zero attached hydrogens (tertiary/aromatic N) is 3. The highest BCUT2D eigenvalue weighted by molar-refractivity contribution is 5.95. The zero-order valence-electron chi connectivity index (χ0n) is 14.7.